The molecule has 0 saturated heterocycles. The Kier molecular flexibility index (Phi) is 6.28. The van der Waals surface area contributed by atoms with Crippen molar-refractivity contribution in [2.75, 3.05) is 20.1 Å². The van der Waals surface area contributed by atoms with Crippen LogP contribution in [0.5, 0.6) is 0 Å². The molecular formula is C14H21ClN2O2. The summed E-state index contributed by atoms with van der Waals surface area (Å²) in [5.74, 6) is -0.109. The molecule has 1 aromatic rings. The first-order valence-electron chi connectivity index (χ1n) is 6.31. The smallest absolute Gasteiger partial charge is 0.234 e. The largest absolute Gasteiger partial charge is 0.387 e. The number of hydrogen-bond donors (Lipinski definition) is 2. The van der Waals surface area contributed by atoms with Crippen LogP contribution in [0.1, 0.15) is 25.5 Å². The minimum atomic E-state index is -0.790. The van der Waals surface area contributed by atoms with Gasteiger partial charge in [0, 0.05) is 23.2 Å². The van der Waals surface area contributed by atoms with Crippen LogP contribution >= 0.6 is 11.6 Å². The van der Waals surface area contributed by atoms with Crippen molar-refractivity contribution in [2.24, 2.45) is 0 Å². The van der Waals surface area contributed by atoms with Crippen LogP contribution in [0.25, 0.3) is 0 Å². The van der Waals surface area contributed by atoms with E-state index in [1.54, 1.807) is 24.3 Å². The van der Waals surface area contributed by atoms with E-state index >= 15 is 0 Å². The lowest BCUT2D eigenvalue weighted by atomic mass is 10.1. The summed E-state index contributed by atoms with van der Waals surface area (Å²) >= 11 is 5.98. The number of aliphatic hydroxyl groups is 1. The van der Waals surface area contributed by atoms with Crippen molar-refractivity contribution < 1.29 is 9.90 Å². The second-order valence-corrected chi connectivity index (χ2v) is 5.26. The summed E-state index contributed by atoms with van der Waals surface area (Å²) in [4.78, 5) is 13.6. The molecule has 0 radical (unpaired) electrons. The molecule has 2 N–H and O–H groups in total. The van der Waals surface area contributed by atoms with Gasteiger partial charge in [-0.3, -0.25) is 9.69 Å². The molecule has 19 heavy (non-hydrogen) atoms. The van der Waals surface area contributed by atoms with Crippen LogP contribution in [0, 0.1) is 0 Å². The van der Waals surface area contributed by atoms with Crippen molar-refractivity contribution >= 4 is 17.5 Å². The van der Waals surface area contributed by atoms with Crippen LogP contribution in [0.4, 0.5) is 0 Å². The predicted molar refractivity (Wildman–Crippen MR) is 77.2 cm³/mol. The Morgan fingerprint density at radius 2 is 2.05 bits per heavy atom. The lowest BCUT2D eigenvalue weighted by molar-refractivity contribution is -0.122. The molecule has 0 heterocycles. The topological polar surface area (TPSA) is 52.6 Å². The van der Waals surface area contributed by atoms with Crippen molar-refractivity contribution in [3.05, 3.63) is 34.9 Å². The Morgan fingerprint density at radius 1 is 1.42 bits per heavy atom. The van der Waals surface area contributed by atoms with Crippen LogP contribution in [0.3, 0.4) is 0 Å². The summed E-state index contributed by atoms with van der Waals surface area (Å²) in [6.07, 6.45) is -0.790. The minimum absolute atomic E-state index is 0.109. The second-order valence-electron chi connectivity index (χ2n) is 4.85. The molecule has 0 aliphatic rings. The van der Waals surface area contributed by atoms with Gasteiger partial charge in [-0.1, -0.05) is 29.8 Å². The average Bonchev–Trinajstić information content (AvgIpc) is 2.36. The molecule has 1 rings (SSSR count). The standard InChI is InChI=1S/C14H21ClN2O2/c1-10(2)17(3)9-14(19)16-8-13(18)11-6-4-5-7-12(11)15/h4-7,10,13,18H,8-9H2,1-3H3,(H,16,19). The van der Waals surface area contributed by atoms with Gasteiger partial charge in [0.1, 0.15) is 0 Å². The number of likely N-dealkylation sites (N-methyl/N-ethyl adjacent to an activating group) is 1. The number of halogens is 1. The Labute approximate surface area is 119 Å². The highest BCUT2D eigenvalue weighted by molar-refractivity contribution is 6.31. The highest BCUT2D eigenvalue weighted by atomic mass is 35.5. The summed E-state index contributed by atoms with van der Waals surface area (Å²) in [6, 6.07) is 7.38. The number of nitrogens with zero attached hydrogens (tertiary/aromatic N) is 1. The van der Waals surface area contributed by atoms with Gasteiger partial charge in [-0.05, 0) is 27.0 Å². The van der Waals surface area contributed by atoms with Crippen molar-refractivity contribution in [1.82, 2.24) is 10.2 Å². The highest BCUT2D eigenvalue weighted by Crippen LogP contribution is 2.21. The fourth-order valence-corrected chi connectivity index (χ4v) is 1.79. The van der Waals surface area contributed by atoms with Gasteiger partial charge in [-0.2, -0.15) is 0 Å². The lowest BCUT2D eigenvalue weighted by Crippen LogP contribution is -2.39. The van der Waals surface area contributed by atoms with Gasteiger partial charge in [0.05, 0.1) is 12.6 Å². The van der Waals surface area contributed by atoms with E-state index in [9.17, 15) is 9.90 Å². The third-order valence-electron chi connectivity index (χ3n) is 3.03. The summed E-state index contributed by atoms with van der Waals surface area (Å²) in [5.41, 5.74) is 0.627. The van der Waals surface area contributed by atoms with E-state index in [4.69, 9.17) is 11.6 Å². The number of carbonyl (C=O) groups is 1. The molecule has 0 bridgehead atoms. The molecular weight excluding hydrogens is 264 g/mol. The maximum Gasteiger partial charge on any atom is 0.234 e. The molecule has 1 atom stereocenters. The zero-order valence-electron chi connectivity index (χ0n) is 11.6. The van der Waals surface area contributed by atoms with Crippen LogP contribution < -0.4 is 5.32 Å². The zero-order chi connectivity index (χ0) is 14.4. The van der Waals surface area contributed by atoms with Crippen molar-refractivity contribution in [3.63, 3.8) is 0 Å². The van der Waals surface area contributed by atoms with Crippen molar-refractivity contribution in [3.8, 4) is 0 Å². The SMILES string of the molecule is CC(C)N(C)CC(=O)NCC(O)c1ccccc1Cl. The molecule has 0 aliphatic heterocycles. The van der Waals surface area contributed by atoms with Gasteiger partial charge in [0.15, 0.2) is 0 Å². The number of aliphatic hydroxyl groups excluding tert-OH is 1. The molecule has 1 aromatic carbocycles. The Balaban J connectivity index is 2.44. The van der Waals surface area contributed by atoms with Gasteiger partial charge < -0.3 is 10.4 Å². The molecule has 0 saturated carbocycles. The van der Waals surface area contributed by atoms with Gasteiger partial charge in [0.25, 0.3) is 0 Å². The molecule has 1 unspecified atom stereocenters. The number of carbonyl (C=O) groups excluding carboxylic acids is 1. The van der Waals surface area contributed by atoms with E-state index in [1.165, 1.54) is 0 Å². The van der Waals surface area contributed by atoms with E-state index in [0.29, 0.717) is 23.2 Å². The van der Waals surface area contributed by atoms with Crippen molar-refractivity contribution in [1.29, 1.82) is 0 Å². The van der Waals surface area contributed by atoms with Gasteiger partial charge >= 0.3 is 0 Å². The van der Waals surface area contributed by atoms with Crippen LogP contribution in [0.2, 0.25) is 5.02 Å². The molecule has 106 valence electrons. The first-order chi connectivity index (χ1) is 8.91. The first-order valence-corrected chi connectivity index (χ1v) is 6.69. The predicted octanol–water partition coefficient (Wildman–Crippen LogP) is 1.83. The second kappa shape index (κ2) is 7.48. The third kappa shape index (κ3) is 5.19. The van der Waals surface area contributed by atoms with E-state index in [-0.39, 0.29) is 12.5 Å². The Hall–Kier alpha value is -1.10. The number of hydrogen-bond acceptors (Lipinski definition) is 3. The first kappa shape index (κ1) is 16.0. The molecule has 0 aromatic heterocycles. The quantitative estimate of drug-likeness (QED) is 0.838. The van der Waals surface area contributed by atoms with Gasteiger partial charge in [0.2, 0.25) is 5.91 Å². The summed E-state index contributed by atoms with van der Waals surface area (Å²) < 4.78 is 0. The lowest BCUT2D eigenvalue weighted by Gasteiger charge is -2.21. The van der Waals surface area contributed by atoms with Crippen LogP contribution in [0.15, 0.2) is 24.3 Å². The average molecular weight is 285 g/mol. The summed E-state index contributed by atoms with van der Waals surface area (Å²) in [6.45, 7) is 4.51. The Bertz CT molecular complexity index is 424. The van der Waals surface area contributed by atoms with E-state index in [0.717, 1.165) is 0 Å². The fourth-order valence-electron chi connectivity index (χ4n) is 1.53. The zero-order valence-corrected chi connectivity index (χ0v) is 12.3. The number of benzene rings is 1. The van der Waals surface area contributed by atoms with E-state index < -0.39 is 6.10 Å². The van der Waals surface area contributed by atoms with E-state index in [1.807, 2.05) is 25.8 Å². The molecule has 5 heteroatoms. The fraction of sp³-hybridized carbons (Fsp3) is 0.500. The number of rotatable bonds is 6. The number of nitrogens with one attached hydrogen (secondary N) is 1. The summed E-state index contributed by atoms with van der Waals surface area (Å²) in [5, 5.41) is 13.2. The van der Waals surface area contributed by atoms with Crippen LogP contribution in [-0.2, 0) is 4.79 Å². The number of amides is 1. The highest BCUT2D eigenvalue weighted by Gasteiger charge is 2.14. The molecule has 0 fully saturated rings. The molecule has 0 aliphatic carbocycles. The van der Waals surface area contributed by atoms with Gasteiger partial charge in [-0.15, -0.1) is 0 Å². The Morgan fingerprint density at radius 3 is 2.63 bits per heavy atom. The maximum absolute atomic E-state index is 11.7. The third-order valence-corrected chi connectivity index (χ3v) is 3.38. The van der Waals surface area contributed by atoms with Crippen LogP contribution in [-0.4, -0.2) is 42.1 Å². The molecule has 1 amide bonds. The molecule has 4 nitrogen and oxygen atoms in total. The molecule has 0 spiro atoms. The minimum Gasteiger partial charge on any atom is -0.387 e. The van der Waals surface area contributed by atoms with E-state index in [2.05, 4.69) is 5.32 Å². The monoisotopic (exact) mass is 284 g/mol. The van der Waals surface area contributed by atoms with Crippen molar-refractivity contribution in [2.45, 2.75) is 26.0 Å². The normalized spacial score (nSPS) is 12.8. The van der Waals surface area contributed by atoms with Gasteiger partial charge in [-0.25, -0.2) is 0 Å². The summed E-state index contributed by atoms with van der Waals surface area (Å²) in [7, 11) is 1.88. The maximum atomic E-state index is 11.7.